The standard InChI is InChI=1S/C17H13FN6O3/c18-10-4-2-1-3-9(10)15-22-14(27-24-15)8-7-13(25)20-12-6-5-11-16(21-12)23-17(26)19-11/h1-6H,7-8H2,(H3,19,20,21,23,25,26). The minimum absolute atomic E-state index is 0.0717. The molecule has 0 saturated heterocycles. The van der Waals surface area contributed by atoms with Gasteiger partial charge in [0.2, 0.25) is 17.6 Å². The van der Waals surface area contributed by atoms with Crippen molar-refractivity contribution in [3.05, 3.63) is 58.6 Å². The second kappa shape index (κ2) is 6.83. The first-order valence-electron chi connectivity index (χ1n) is 8.05. The fourth-order valence-electron chi connectivity index (χ4n) is 2.52. The van der Waals surface area contributed by atoms with Crippen LogP contribution in [0.1, 0.15) is 12.3 Å². The summed E-state index contributed by atoms with van der Waals surface area (Å²) in [7, 11) is 0. The summed E-state index contributed by atoms with van der Waals surface area (Å²) in [5.74, 6) is -0.105. The zero-order chi connectivity index (χ0) is 18.8. The molecule has 0 saturated carbocycles. The summed E-state index contributed by atoms with van der Waals surface area (Å²) in [6, 6.07) is 9.30. The molecular formula is C17H13FN6O3. The highest BCUT2D eigenvalue weighted by molar-refractivity contribution is 5.90. The summed E-state index contributed by atoms with van der Waals surface area (Å²) in [6.45, 7) is 0. The Hall–Kier alpha value is -3.82. The van der Waals surface area contributed by atoms with E-state index in [-0.39, 0.29) is 41.7 Å². The van der Waals surface area contributed by atoms with E-state index in [4.69, 9.17) is 4.52 Å². The number of H-pyrrole nitrogens is 2. The van der Waals surface area contributed by atoms with Crippen LogP contribution in [0.3, 0.4) is 0 Å². The quantitative estimate of drug-likeness (QED) is 0.494. The van der Waals surface area contributed by atoms with Gasteiger partial charge in [0.05, 0.1) is 11.1 Å². The molecule has 0 unspecified atom stereocenters. The topological polar surface area (TPSA) is 130 Å². The van der Waals surface area contributed by atoms with Gasteiger partial charge >= 0.3 is 5.69 Å². The summed E-state index contributed by atoms with van der Waals surface area (Å²) in [4.78, 5) is 36.6. The molecule has 0 radical (unpaired) electrons. The normalized spacial score (nSPS) is 11.0. The second-order valence-electron chi connectivity index (χ2n) is 5.71. The van der Waals surface area contributed by atoms with Crippen LogP contribution in [-0.2, 0) is 11.2 Å². The van der Waals surface area contributed by atoms with Gasteiger partial charge in [-0.25, -0.2) is 14.2 Å². The lowest BCUT2D eigenvalue weighted by molar-refractivity contribution is -0.116. The fraction of sp³-hybridized carbons (Fsp3) is 0.118. The number of fused-ring (bicyclic) bond motifs is 1. The molecule has 0 bridgehead atoms. The SMILES string of the molecule is O=C(CCc1nc(-c2ccccc2F)no1)Nc1ccc2[nH]c(=O)[nH]c2n1. The molecule has 0 aliphatic heterocycles. The molecule has 3 N–H and O–H groups in total. The van der Waals surface area contributed by atoms with Crippen molar-refractivity contribution in [2.24, 2.45) is 0 Å². The third-order valence-electron chi connectivity index (χ3n) is 3.79. The predicted octanol–water partition coefficient (Wildman–Crippen LogP) is 2.01. The van der Waals surface area contributed by atoms with Gasteiger partial charge in [-0.15, -0.1) is 0 Å². The minimum atomic E-state index is -0.452. The molecule has 0 aliphatic carbocycles. The Morgan fingerprint density at radius 2 is 2.00 bits per heavy atom. The molecule has 136 valence electrons. The highest BCUT2D eigenvalue weighted by Gasteiger charge is 2.14. The van der Waals surface area contributed by atoms with E-state index in [0.717, 1.165) is 0 Å². The van der Waals surface area contributed by atoms with Crippen LogP contribution in [0.2, 0.25) is 0 Å². The van der Waals surface area contributed by atoms with Crippen LogP contribution in [0.4, 0.5) is 10.2 Å². The van der Waals surface area contributed by atoms with Gasteiger partial charge in [0.1, 0.15) is 11.6 Å². The Labute approximate surface area is 150 Å². The van der Waals surface area contributed by atoms with Gasteiger partial charge in [-0.05, 0) is 24.3 Å². The van der Waals surface area contributed by atoms with E-state index in [9.17, 15) is 14.0 Å². The van der Waals surface area contributed by atoms with E-state index in [1.54, 1.807) is 30.3 Å². The number of amides is 1. The Morgan fingerprint density at radius 1 is 1.15 bits per heavy atom. The number of aryl methyl sites for hydroxylation is 1. The van der Waals surface area contributed by atoms with Crippen LogP contribution in [0.5, 0.6) is 0 Å². The molecule has 0 aliphatic rings. The van der Waals surface area contributed by atoms with Crippen LogP contribution in [0.25, 0.3) is 22.6 Å². The molecule has 9 nitrogen and oxygen atoms in total. The van der Waals surface area contributed by atoms with Crippen molar-refractivity contribution in [2.75, 3.05) is 5.32 Å². The molecule has 0 spiro atoms. The lowest BCUT2D eigenvalue weighted by Gasteiger charge is -2.02. The number of benzene rings is 1. The third kappa shape index (κ3) is 3.59. The van der Waals surface area contributed by atoms with Gasteiger partial charge in [-0.1, -0.05) is 17.3 Å². The lowest BCUT2D eigenvalue weighted by atomic mass is 10.2. The van der Waals surface area contributed by atoms with Crippen molar-refractivity contribution >= 4 is 22.9 Å². The second-order valence-corrected chi connectivity index (χ2v) is 5.71. The first-order chi connectivity index (χ1) is 13.1. The fourth-order valence-corrected chi connectivity index (χ4v) is 2.52. The molecule has 3 heterocycles. The van der Waals surface area contributed by atoms with Crippen molar-refractivity contribution in [1.29, 1.82) is 0 Å². The van der Waals surface area contributed by atoms with Crippen molar-refractivity contribution in [3.63, 3.8) is 0 Å². The smallest absolute Gasteiger partial charge is 0.325 e. The molecule has 1 aromatic carbocycles. The summed E-state index contributed by atoms with van der Waals surface area (Å²) in [6.07, 6.45) is 0.263. The number of aromatic amines is 2. The molecule has 10 heteroatoms. The molecule has 27 heavy (non-hydrogen) atoms. The zero-order valence-electron chi connectivity index (χ0n) is 13.8. The molecule has 0 atom stereocenters. The highest BCUT2D eigenvalue weighted by atomic mass is 19.1. The number of imidazole rings is 1. The maximum absolute atomic E-state index is 13.7. The first-order valence-corrected chi connectivity index (χ1v) is 8.05. The van der Waals surface area contributed by atoms with E-state index >= 15 is 0 Å². The number of anilines is 1. The number of aromatic nitrogens is 5. The van der Waals surface area contributed by atoms with Gasteiger partial charge in [0.25, 0.3) is 0 Å². The number of nitrogens with one attached hydrogen (secondary N) is 3. The molecule has 4 aromatic rings. The number of pyridine rings is 1. The number of rotatable bonds is 5. The maximum Gasteiger partial charge on any atom is 0.325 e. The molecular weight excluding hydrogens is 355 g/mol. The van der Waals surface area contributed by atoms with Gasteiger partial charge in [0, 0.05) is 12.8 Å². The van der Waals surface area contributed by atoms with E-state index in [0.29, 0.717) is 17.0 Å². The number of hydrogen-bond acceptors (Lipinski definition) is 6. The molecule has 4 rings (SSSR count). The average Bonchev–Trinajstić information content (AvgIpc) is 3.25. The number of carbonyl (C=O) groups is 1. The van der Waals surface area contributed by atoms with Crippen molar-refractivity contribution in [3.8, 4) is 11.4 Å². The zero-order valence-corrected chi connectivity index (χ0v) is 13.8. The van der Waals surface area contributed by atoms with Crippen LogP contribution >= 0.6 is 0 Å². The predicted molar refractivity (Wildman–Crippen MR) is 93.4 cm³/mol. The number of hydrogen-bond donors (Lipinski definition) is 3. The summed E-state index contributed by atoms with van der Waals surface area (Å²) in [5, 5.41) is 6.36. The maximum atomic E-state index is 13.7. The molecule has 0 fully saturated rings. The van der Waals surface area contributed by atoms with Crippen molar-refractivity contribution in [2.45, 2.75) is 12.8 Å². The monoisotopic (exact) mass is 368 g/mol. The Morgan fingerprint density at radius 3 is 2.85 bits per heavy atom. The Kier molecular flexibility index (Phi) is 4.21. The first kappa shape index (κ1) is 16.6. The average molecular weight is 368 g/mol. The lowest BCUT2D eigenvalue weighted by Crippen LogP contribution is -2.13. The van der Waals surface area contributed by atoms with Gasteiger partial charge < -0.3 is 14.8 Å². The van der Waals surface area contributed by atoms with E-state index < -0.39 is 5.82 Å². The van der Waals surface area contributed by atoms with Crippen LogP contribution in [0, 0.1) is 5.82 Å². The van der Waals surface area contributed by atoms with Gasteiger partial charge in [0.15, 0.2) is 5.65 Å². The Bertz CT molecular complexity index is 1180. The summed E-state index contributed by atoms with van der Waals surface area (Å²) >= 11 is 0. The van der Waals surface area contributed by atoms with E-state index in [2.05, 4.69) is 30.4 Å². The van der Waals surface area contributed by atoms with E-state index in [1.165, 1.54) is 6.07 Å². The van der Waals surface area contributed by atoms with E-state index in [1.807, 2.05) is 0 Å². The molecule has 3 aromatic heterocycles. The van der Waals surface area contributed by atoms with Crippen molar-refractivity contribution in [1.82, 2.24) is 25.1 Å². The third-order valence-corrected chi connectivity index (χ3v) is 3.79. The highest BCUT2D eigenvalue weighted by Crippen LogP contribution is 2.19. The molecule has 1 amide bonds. The summed E-state index contributed by atoms with van der Waals surface area (Å²) < 4.78 is 18.8. The van der Waals surface area contributed by atoms with Gasteiger partial charge in [-0.3, -0.25) is 9.78 Å². The van der Waals surface area contributed by atoms with Crippen LogP contribution < -0.4 is 11.0 Å². The van der Waals surface area contributed by atoms with Crippen LogP contribution in [-0.4, -0.2) is 31.0 Å². The minimum Gasteiger partial charge on any atom is -0.339 e. The summed E-state index contributed by atoms with van der Waals surface area (Å²) in [5.41, 5.74) is 0.756. The number of halogens is 1. The van der Waals surface area contributed by atoms with Crippen LogP contribution in [0.15, 0.2) is 45.7 Å². The number of carbonyl (C=O) groups excluding carboxylic acids is 1. The van der Waals surface area contributed by atoms with Gasteiger partial charge in [-0.2, -0.15) is 4.98 Å². The Balaban J connectivity index is 1.39. The van der Waals surface area contributed by atoms with Crippen molar-refractivity contribution < 1.29 is 13.7 Å². The largest absolute Gasteiger partial charge is 0.339 e. The number of nitrogens with zero attached hydrogens (tertiary/aromatic N) is 3.